The van der Waals surface area contributed by atoms with Crippen LogP contribution in [0.4, 0.5) is 4.39 Å². The summed E-state index contributed by atoms with van der Waals surface area (Å²) < 4.78 is 14.7. The van der Waals surface area contributed by atoms with Gasteiger partial charge in [-0.25, -0.2) is 4.39 Å². The van der Waals surface area contributed by atoms with E-state index in [4.69, 9.17) is 0 Å². The highest BCUT2D eigenvalue weighted by molar-refractivity contribution is 5.97. The summed E-state index contributed by atoms with van der Waals surface area (Å²) in [6, 6.07) is 13.9. The van der Waals surface area contributed by atoms with Gasteiger partial charge < -0.3 is 10.6 Å². The zero-order valence-corrected chi connectivity index (χ0v) is 15.1. The molecule has 144 valence electrons. The van der Waals surface area contributed by atoms with Crippen LogP contribution in [0, 0.1) is 5.82 Å². The molecule has 28 heavy (non-hydrogen) atoms. The summed E-state index contributed by atoms with van der Waals surface area (Å²) in [5.74, 6) is -1.18. The zero-order valence-electron chi connectivity index (χ0n) is 15.1. The molecule has 1 aromatic heterocycles. The molecule has 2 amide bonds. The van der Waals surface area contributed by atoms with Crippen LogP contribution in [-0.4, -0.2) is 32.9 Å². The molecular weight excluding hydrogens is 361 g/mol. The molecule has 0 radical (unpaired) electrons. The van der Waals surface area contributed by atoms with E-state index < -0.39 is 17.8 Å². The third kappa shape index (κ3) is 5.47. The molecule has 0 aliphatic carbocycles. The third-order valence-corrected chi connectivity index (χ3v) is 4.16. The maximum absolute atomic E-state index is 13.1. The topological polar surface area (TPSA) is 88.9 Å². The van der Waals surface area contributed by atoms with Gasteiger partial charge in [-0.15, -0.1) is 5.10 Å². The van der Waals surface area contributed by atoms with Gasteiger partial charge in [0.25, 0.3) is 5.91 Å². The number of halogens is 1. The van der Waals surface area contributed by atoms with Crippen LogP contribution in [0.25, 0.3) is 0 Å². The van der Waals surface area contributed by atoms with Gasteiger partial charge in [-0.3, -0.25) is 14.3 Å². The van der Waals surface area contributed by atoms with E-state index in [1.54, 1.807) is 17.1 Å². The van der Waals surface area contributed by atoms with Gasteiger partial charge in [0.1, 0.15) is 11.9 Å². The van der Waals surface area contributed by atoms with Crippen molar-refractivity contribution in [1.29, 1.82) is 0 Å². The number of rotatable bonds is 8. The first-order valence-electron chi connectivity index (χ1n) is 8.84. The van der Waals surface area contributed by atoms with Crippen molar-refractivity contribution >= 4 is 11.8 Å². The molecular formula is C20H20FN5O2. The van der Waals surface area contributed by atoms with Crippen molar-refractivity contribution in [3.63, 3.8) is 0 Å². The lowest BCUT2D eigenvalue weighted by atomic mass is 10.1. The molecule has 8 heteroatoms. The van der Waals surface area contributed by atoms with E-state index in [9.17, 15) is 14.0 Å². The summed E-state index contributed by atoms with van der Waals surface area (Å²) in [5, 5.41) is 13.1. The Morgan fingerprint density at radius 3 is 2.50 bits per heavy atom. The number of carbonyl (C=O) groups is 2. The van der Waals surface area contributed by atoms with Gasteiger partial charge in [0, 0.05) is 24.8 Å². The molecule has 0 bridgehead atoms. The lowest BCUT2D eigenvalue weighted by Gasteiger charge is -2.18. The Bertz CT molecular complexity index is 898. The molecule has 0 spiro atoms. The molecule has 0 saturated carbocycles. The van der Waals surface area contributed by atoms with Gasteiger partial charge in [-0.1, -0.05) is 35.5 Å². The zero-order chi connectivity index (χ0) is 19.8. The molecule has 0 fully saturated rings. The van der Waals surface area contributed by atoms with E-state index in [0.29, 0.717) is 19.5 Å². The number of carbonyl (C=O) groups excluding carboxylic acids is 2. The average Bonchev–Trinajstić information content (AvgIpc) is 3.24. The van der Waals surface area contributed by atoms with Gasteiger partial charge in [0.05, 0.1) is 6.20 Å². The highest BCUT2D eigenvalue weighted by atomic mass is 19.1. The van der Waals surface area contributed by atoms with Crippen LogP contribution in [0.15, 0.2) is 67.0 Å². The summed E-state index contributed by atoms with van der Waals surface area (Å²) in [4.78, 5) is 25.1. The summed E-state index contributed by atoms with van der Waals surface area (Å²) in [6.45, 7) is 0.763. The first-order valence-corrected chi connectivity index (χ1v) is 8.84. The van der Waals surface area contributed by atoms with E-state index in [1.807, 2.05) is 30.3 Å². The van der Waals surface area contributed by atoms with E-state index >= 15 is 0 Å². The van der Waals surface area contributed by atoms with E-state index in [1.165, 1.54) is 24.3 Å². The fraction of sp³-hybridized carbons (Fsp3) is 0.200. The number of nitrogens with zero attached hydrogens (tertiary/aromatic N) is 3. The maximum Gasteiger partial charge on any atom is 0.251 e. The Kier molecular flexibility index (Phi) is 6.46. The normalized spacial score (nSPS) is 11.6. The van der Waals surface area contributed by atoms with Crippen molar-refractivity contribution in [2.45, 2.75) is 25.6 Å². The molecule has 0 unspecified atom stereocenters. The Hall–Kier alpha value is -3.55. The maximum atomic E-state index is 13.1. The lowest BCUT2D eigenvalue weighted by Crippen LogP contribution is -2.47. The highest BCUT2D eigenvalue weighted by Crippen LogP contribution is 2.05. The highest BCUT2D eigenvalue weighted by Gasteiger charge is 2.21. The molecule has 0 aliphatic heterocycles. The number of aromatic nitrogens is 3. The Morgan fingerprint density at radius 1 is 1.07 bits per heavy atom. The minimum atomic E-state index is -0.773. The Balaban J connectivity index is 1.65. The summed E-state index contributed by atoms with van der Waals surface area (Å²) >= 11 is 0. The van der Waals surface area contributed by atoms with Gasteiger partial charge in [-0.05, 0) is 36.2 Å². The fourth-order valence-electron chi connectivity index (χ4n) is 2.63. The third-order valence-electron chi connectivity index (χ3n) is 4.16. The quantitative estimate of drug-likeness (QED) is 0.624. The number of hydrogen-bond donors (Lipinski definition) is 2. The Morgan fingerprint density at radius 2 is 1.82 bits per heavy atom. The van der Waals surface area contributed by atoms with Gasteiger partial charge in [-0.2, -0.15) is 0 Å². The van der Waals surface area contributed by atoms with Crippen LogP contribution >= 0.6 is 0 Å². The van der Waals surface area contributed by atoms with Crippen molar-refractivity contribution in [1.82, 2.24) is 25.6 Å². The molecule has 3 aromatic rings. The second-order valence-electron chi connectivity index (χ2n) is 6.19. The first kappa shape index (κ1) is 19.2. The minimum Gasteiger partial charge on any atom is -0.350 e. The van der Waals surface area contributed by atoms with Crippen LogP contribution in [-0.2, 0) is 17.9 Å². The molecule has 1 heterocycles. The van der Waals surface area contributed by atoms with Crippen molar-refractivity contribution in [3.05, 3.63) is 83.9 Å². The largest absolute Gasteiger partial charge is 0.350 e. The van der Waals surface area contributed by atoms with Crippen molar-refractivity contribution in [3.8, 4) is 0 Å². The minimum absolute atomic E-state index is 0.281. The fourth-order valence-corrected chi connectivity index (χ4v) is 2.63. The standard InChI is InChI=1S/C20H20FN5O2/c21-17-8-6-16(7-9-17)19(27)24-18(10-12-26-13-11-23-25-26)20(28)22-14-15-4-2-1-3-5-15/h1-9,11,13,18H,10,12,14H2,(H,22,28)(H,24,27)/t18-/m0/s1. The molecule has 2 N–H and O–H groups in total. The number of benzene rings is 2. The summed E-state index contributed by atoms with van der Waals surface area (Å²) in [6.07, 6.45) is 3.55. The van der Waals surface area contributed by atoms with Crippen LogP contribution in [0.1, 0.15) is 22.3 Å². The van der Waals surface area contributed by atoms with Crippen LogP contribution in [0.5, 0.6) is 0 Å². The van der Waals surface area contributed by atoms with Crippen molar-refractivity contribution < 1.29 is 14.0 Å². The van der Waals surface area contributed by atoms with Gasteiger partial charge in [0.15, 0.2) is 0 Å². The predicted molar refractivity (Wildman–Crippen MR) is 101 cm³/mol. The predicted octanol–water partition coefficient (Wildman–Crippen LogP) is 1.92. The number of hydrogen-bond acceptors (Lipinski definition) is 4. The van der Waals surface area contributed by atoms with Crippen molar-refractivity contribution in [2.75, 3.05) is 0 Å². The molecule has 7 nitrogen and oxygen atoms in total. The van der Waals surface area contributed by atoms with Crippen LogP contribution < -0.4 is 10.6 Å². The summed E-state index contributed by atoms with van der Waals surface area (Å²) in [5.41, 5.74) is 1.23. The molecule has 0 saturated heterocycles. The van der Waals surface area contributed by atoms with Gasteiger partial charge in [0.2, 0.25) is 5.91 Å². The first-order chi connectivity index (χ1) is 13.6. The number of aryl methyl sites for hydroxylation is 1. The second-order valence-corrected chi connectivity index (χ2v) is 6.19. The van der Waals surface area contributed by atoms with Gasteiger partial charge >= 0.3 is 0 Å². The van der Waals surface area contributed by atoms with Crippen LogP contribution in [0.2, 0.25) is 0 Å². The SMILES string of the molecule is O=C(N[C@@H](CCn1ccnn1)C(=O)NCc1ccccc1)c1ccc(F)cc1. The van der Waals surface area contributed by atoms with E-state index in [2.05, 4.69) is 20.9 Å². The molecule has 3 rings (SSSR count). The molecule has 2 aromatic carbocycles. The summed E-state index contributed by atoms with van der Waals surface area (Å²) in [7, 11) is 0. The number of amides is 2. The average molecular weight is 381 g/mol. The van der Waals surface area contributed by atoms with Crippen LogP contribution in [0.3, 0.4) is 0 Å². The number of nitrogens with one attached hydrogen (secondary N) is 2. The van der Waals surface area contributed by atoms with E-state index in [0.717, 1.165) is 5.56 Å². The van der Waals surface area contributed by atoms with E-state index in [-0.39, 0.29) is 11.5 Å². The smallest absolute Gasteiger partial charge is 0.251 e. The second kappa shape index (κ2) is 9.40. The lowest BCUT2D eigenvalue weighted by molar-refractivity contribution is -0.123. The van der Waals surface area contributed by atoms with Crippen molar-refractivity contribution in [2.24, 2.45) is 0 Å². The molecule has 0 aliphatic rings. The Labute approximate surface area is 161 Å². The molecule has 1 atom stereocenters. The monoisotopic (exact) mass is 381 g/mol.